The van der Waals surface area contributed by atoms with Gasteiger partial charge in [-0.25, -0.2) is 8.42 Å². The number of amides is 1. The van der Waals surface area contributed by atoms with Crippen molar-refractivity contribution in [3.8, 4) is 0 Å². The molecule has 0 saturated carbocycles. The van der Waals surface area contributed by atoms with Crippen LogP contribution in [0.25, 0.3) is 0 Å². The second-order valence-electron chi connectivity index (χ2n) is 5.10. The van der Waals surface area contributed by atoms with Gasteiger partial charge in [-0.1, -0.05) is 6.42 Å². The number of likely N-dealkylation sites (tertiary alicyclic amines) is 1. The molecule has 2 saturated heterocycles. The highest BCUT2D eigenvalue weighted by atomic mass is 35.5. The van der Waals surface area contributed by atoms with E-state index in [1.165, 1.54) is 6.42 Å². The van der Waals surface area contributed by atoms with Gasteiger partial charge in [0.2, 0.25) is 5.91 Å². The third-order valence-corrected chi connectivity index (χ3v) is 5.82. The van der Waals surface area contributed by atoms with Gasteiger partial charge in [-0.2, -0.15) is 0 Å². The number of sulfone groups is 1. The Morgan fingerprint density at radius 3 is 2.44 bits per heavy atom. The molecule has 2 heterocycles. The molecule has 0 aliphatic carbocycles. The van der Waals surface area contributed by atoms with Crippen LogP contribution >= 0.6 is 11.6 Å². The summed E-state index contributed by atoms with van der Waals surface area (Å²) in [5.74, 6) is -0.194. The van der Waals surface area contributed by atoms with Crippen molar-refractivity contribution in [1.29, 1.82) is 0 Å². The topological polar surface area (TPSA) is 66.5 Å². The van der Waals surface area contributed by atoms with Crippen LogP contribution in [0.15, 0.2) is 0 Å². The van der Waals surface area contributed by atoms with Gasteiger partial charge in [0.1, 0.15) is 0 Å². The van der Waals surface area contributed by atoms with Crippen LogP contribution in [-0.2, 0) is 14.6 Å². The molecule has 2 aliphatic rings. The van der Waals surface area contributed by atoms with E-state index in [1.54, 1.807) is 0 Å². The van der Waals surface area contributed by atoms with Gasteiger partial charge in [-0.05, 0) is 25.9 Å². The van der Waals surface area contributed by atoms with E-state index >= 15 is 0 Å². The van der Waals surface area contributed by atoms with Crippen molar-refractivity contribution < 1.29 is 13.2 Å². The Kier molecular flexibility index (Phi) is 4.50. The van der Waals surface area contributed by atoms with E-state index in [-0.39, 0.29) is 17.4 Å². The largest absolute Gasteiger partial charge is 0.350 e. The van der Waals surface area contributed by atoms with Gasteiger partial charge < -0.3 is 5.32 Å². The number of carbonyl (C=O) groups is 1. The number of halogens is 1. The van der Waals surface area contributed by atoms with Crippen LogP contribution in [0, 0.1) is 0 Å². The predicted octanol–water partition coefficient (Wildman–Crippen LogP) is -0.00710. The maximum atomic E-state index is 11.8. The Morgan fingerprint density at radius 1 is 1.22 bits per heavy atom. The van der Waals surface area contributed by atoms with Gasteiger partial charge in [-0.3, -0.25) is 9.69 Å². The number of carbonyl (C=O) groups excluding carboxylic acids is 1. The first-order valence-electron chi connectivity index (χ1n) is 6.32. The number of nitrogens with one attached hydrogen (secondary N) is 1. The van der Waals surface area contributed by atoms with Gasteiger partial charge in [0, 0.05) is 0 Å². The lowest BCUT2D eigenvalue weighted by Gasteiger charge is -2.26. The molecule has 0 aromatic heterocycles. The molecular formula is C11H19ClN2O3S. The van der Waals surface area contributed by atoms with Gasteiger partial charge in [0.05, 0.1) is 29.5 Å². The molecular weight excluding hydrogens is 276 g/mol. The lowest BCUT2D eigenvalue weighted by atomic mass is 10.1. The molecule has 0 unspecified atom stereocenters. The zero-order chi connectivity index (χ0) is 13.2. The standard InChI is InChI=1S/C11H19ClN2O3S/c12-9-7-18(16,17)8-10(9)13-11(15)6-14-4-2-1-3-5-14/h9-10H,1-8H2,(H,13,15)/t9-,10-/m1/s1. The molecule has 1 N–H and O–H groups in total. The van der Waals surface area contributed by atoms with E-state index in [0.717, 1.165) is 25.9 Å². The number of alkyl halides is 1. The molecule has 0 radical (unpaired) electrons. The van der Waals surface area contributed by atoms with Crippen LogP contribution < -0.4 is 5.32 Å². The Morgan fingerprint density at radius 2 is 1.89 bits per heavy atom. The molecule has 2 atom stereocenters. The predicted molar refractivity (Wildman–Crippen MR) is 70.5 cm³/mol. The van der Waals surface area contributed by atoms with Crippen molar-refractivity contribution >= 4 is 27.3 Å². The average Bonchev–Trinajstić information content (AvgIpc) is 2.53. The van der Waals surface area contributed by atoms with Crippen LogP contribution in [0.3, 0.4) is 0 Å². The van der Waals surface area contributed by atoms with Crippen LogP contribution in [0.2, 0.25) is 0 Å². The van der Waals surface area contributed by atoms with Crippen LogP contribution in [0.5, 0.6) is 0 Å². The van der Waals surface area contributed by atoms with Crippen molar-refractivity contribution in [1.82, 2.24) is 10.2 Å². The Bertz CT molecular complexity index is 407. The van der Waals surface area contributed by atoms with Crippen molar-refractivity contribution in [2.45, 2.75) is 30.7 Å². The summed E-state index contributed by atoms with van der Waals surface area (Å²) in [5.41, 5.74) is 0. The molecule has 0 aromatic rings. The zero-order valence-corrected chi connectivity index (χ0v) is 11.8. The fraction of sp³-hybridized carbons (Fsp3) is 0.909. The molecule has 0 bridgehead atoms. The molecule has 104 valence electrons. The van der Waals surface area contributed by atoms with Crippen molar-refractivity contribution in [2.24, 2.45) is 0 Å². The maximum Gasteiger partial charge on any atom is 0.234 e. The third-order valence-electron chi connectivity index (χ3n) is 3.45. The fourth-order valence-corrected chi connectivity index (χ4v) is 5.06. The van der Waals surface area contributed by atoms with E-state index in [9.17, 15) is 13.2 Å². The fourth-order valence-electron chi connectivity index (χ4n) is 2.51. The van der Waals surface area contributed by atoms with E-state index in [2.05, 4.69) is 10.2 Å². The highest BCUT2D eigenvalue weighted by Crippen LogP contribution is 2.18. The van der Waals surface area contributed by atoms with Crippen molar-refractivity contribution in [3.05, 3.63) is 0 Å². The summed E-state index contributed by atoms with van der Waals surface area (Å²) in [6.45, 7) is 2.24. The normalized spacial score (nSPS) is 32.3. The summed E-state index contributed by atoms with van der Waals surface area (Å²) in [7, 11) is -3.08. The summed E-state index contributed by atoms with van der Waals surface area (Å²) >= 11 is 5.94. The first-order chi connectivity index (χ1) is 8.46. The molecule has 7 heteroatoms. The van der Waals surface area contributed by atoms with E-state index in [0.29, 0.717) is 6.54 Å². The molecule has 5 nitrogen and oxygen atoms in total. The van der Waals surface area contributed by atoms with Gasteiger partial charge in [0.25, 0.3) is 0 Å². The first-order valence-corrected chi connectivity index (χ1v) is 8.58. The quantitative estimate of drug-likeness (QED) is 0.744. The van der Waals surface area contributed by atoms with E-state index in [1.807, 2.05) is 0 Å². The second-order valence-corrected chi connectivity index (χ2v) is 7.82. The lowest BCUT2D eigenvalue weighted by Crippen LogP contribution is -2.46. The minimum absolute atomic E-state index is 0.0348. The highest BCUT2D eigenvalue weighted by Gasteiger charge is 2.37. The monoisotopic (exact) mass is 294 g/mol. The molecule has 1 amide bonds. The van der Waals surface area contributed by atoms with Gasteiger partial charge in [0.15, 0.2) is 9.84 Å². The van der Waals surface area contributed by atoms with E-state index < -0.39 is 21.3 Å². The van der Waals surface area contributed by atoms with Gasteiger partial charge >= 0.3 is 0 Å². The molecule has 0 spiro atoms. The minimum Gasteiger partial charge on any atom is -0.350 e. The summed E-state index contributed by atoms with van der Waals surface area (Å²) < 4.78 is 22.8. The third kappa shape index (κ3) is 3.83. The molecule has 2 aliphatic heterocycles. The summed E-state index contributed by atoms with van der Waals surface area (Å²) in [5, 5.41) is 2.24. The van der Waals surface area contributed by atoms with Crippen LogP contribution in [0.1, 0.15) is 19.3 Å². The van der Waals surface area contributed by atoms with E-state index in [4.69, 9.17) is 11.6 Å². The molecule has 0 aromatic carbocycles. The summed E-state index contributed by atoms with van der Waals surface area (Å²) in [4.78, 5) is 13.9. The maximum absolute atomic E-state index is 11.8. The number of hydrogen-bond acceptors (Lipinski definition) is 4. The highest BCUT2D eigenvalue weighted by molar-refractivity contribution is 7.91. The Hall–Kier alpha value is -0.330. The Labute approximate surface area is 113 Å². The molecule has 2 fully saturated rings. The SMILES string of the molecule is O=C(CN1CCCCC1)N[C@@H]1CS(=O)(=O)C[C@H]1Cl. The van der Waals surface area contributed by atoms with Crippen LogP contribution in [-0.4, -0.2) is 61.8 Å². The zero-order valence-electron chi connectivity index (χ0n) is 10.3. The number of nitrogens with zero attached hydrogens (tertiary/aromatic N) is 1. The second kappa shape index (κ2) is 5.75. The van der Waals surface area contributed by atoms with Crippen LogP contribution in [0.4, 0.5) is 0 Å². The molecule has 2 rings (SSSR count). The number of rotatable bonds is 3. The molecule has 18 heavy (non-hydrogen) atoms. The number of hydrogen-bond donors (Lipinski definition) is 1. The minimum atomic E-state index is -3.08. The Balaban J connectivity index is 1.80. The number of piperidine rings is 1. The van der Waals surface area contributed by atoms with Crippen molar-refractivity contribution in [2.75, 3.05) is 31.1 Å². The lowest BCUT2D eigenvalue weighted by molar-refractivity contribution is -0.123. The summed E-state index contributed by atoms with van der Waals surface area (Å²) in [6.07, 6.45) is 3.48. The first kappa shape index (κ1) is 14.1. The van der Waals surface area contributed by atoms with Crippen molar-refractivity contribution in [3.63, 3.8) is 0 Å². The average molecular weight is 295 g/mol. The van der Waals surface area contributed by atoms with Gasteiger partial charge in [-0.15, -0.1) is 11.6 Å². The summed E-state index contributed by atoms with van der Waals surface area (Å²) in [6, 6.07) is -0.436. The smallest absolute Gasteiger partial charge is 0.234 e.